The topological polar surface area (TPSA) is 120 Å². The maximum atomic E-state index is 13.3. The summed E-state index contributed by atoms with van der Waals surface area (Å²) in [7, 11) is 2.00. The molecular weight excluding hydrogens is 889 g/mol. The summed E-state index contributed by atoms with van der Waals surface area (Å²) in [6.45, 7) is 10.5. The minimum atomic E-state index is -0.926. The van der Waals surface area contributed by atoms with E-state index in [9.17, 15) is 19.2 Å². The number of esters is 3. The first-order chi connectivity index (χ1) is 34.7. The lowest BCUT2D eigenvalue weighted by molar-refractivity contribution is -0.167. The van der Waals surface area contributed by atoms with Gasteiger partial charge < -0.3 is 29.2 Å². The lowest BCUT2D eigenvalue weighted by Crippen LogP contribution is -2.35. The van der Waals surface area contributed by atoms with Gasteiger partial charge in [-0.2, -0.15) is 0 Å². The zero-order valence-corrected chi connectivity index (χ0v) is 46.7. The molecule has 0 bridgehead atoms. The summed E-state index contributed by atoms with van der Waals surface area (Å²) < 4.78 is 22.8. The van der Waals surface area contributed by atoms with Gasteiger partial charge in [0.1, 0.15) is 19.3 Å². The summed E-state index contributed by atoms with van der Waals surface area (Å²) in [5.74, 6) is -1.21. The third kappa shape index (κ3) is 51.3. The maximum absolute atomic E-state index is 13.3. The Balaban J connectivity index is 5.08. The molecule has 71 heavy (non-hydrogen) atoms. The molecule has 0 aromatic rings. The number of unbranched alkanes of at least 4 members (excludes halogenated alkanes) is 25. The molecule has 0 fully saturated rings. The SMILES string of the molecule is CCCCC/C=C\C/C=C\CCCCCCCC(=O)OCC(COC(=O)CCCCCCC/C=C\C/C=C\CCCCC)OC(=O)CCC(CCCCCCCCCCCC)OC(=O)NCCN(C)CC. The fourth-order valence-corrected chi connectivity index (χ4v) is 8.14. The molecule has 1 atom stereocenters. The van der Waals surface area contributed by atoms with Gasteiger partial charge in [-0.1, -0.05) is 198 Å². The number of amides is 1. The van der Waals surface area contributed by atoms with Crippen molar-refractivity contribution in [2.24, 2.45) is 0 Å². The molecule has 0 heterocycles. The van der Waals surface area contributed by atoms with E-state index in [1.807, 2.05) is 7.05 Å². The van der Waals surface area contributed by atoms with Crippen LogP contribution in [-0.4, -0.2) is 81.0 Å². The predicted octanol–water partition coefficient (Wildman–Crippen LogP) is 16.7. The molecule has 0 rings (SSSR count). The van der Waals surface area contributed by atoms with E-state index in [1.54, 1.807) is 0 Å². The minimum absolute atomic E-state index is 0.0185. The van der Waals surface area contributed by atoms with Crippen LogP contribution in [0.5, 0.6) is 0 Å². The molecule has 1 amide bonds. The highest BCUT2D eigenvalue weighted by molar-refractivity contribution is 5.71. The standard InChI is InChI=1S/C61H110N2O8/c1-6-10-13-16-19-22-25-27-29-31-33-36-39-42-45-48-58(64)68-54-57(55-69-59(65)49-46-43-40-37-34-32-30-28-26-23-20-17-14-11-7-2)70-60(66)51-50-56(71-61(67)62-52-53-63(5)9-4)47-44-41-38-35-24-21-18-15-12-8-3/h19-20,22-23,27-30,56-57H,6-18,21,24-26,31-55H2,1-5H3,(H,62,67)/b22-19-,23-20-,29-27-,30-28-. The number of ether oxygens (including phenoxy) is 4. The summed E-state index contributed by atoms with van der Waals surface area (Å²) in [5.41, 5.74) is 0. The number of hydrogen-bond donors (Lipinski definition) is 1. The average Bonchev–Trinajstić information content (AvgIpc) is 3.36. The van der Waals surface area contributed by atoms with E-state index in [1.165, 1.54) is 96.3 Å². The monoisotopic (exact) mass is 999 g/mol. The summed E-state index contributed by atoms with van der Waals surface area (Å²) >= 11 is 0. The second kappa shape index (κ2) is 54.4. The fraction of sp³-hybridized carbons (Fsp3) is 0.803. The first-order valence-corrected chi connectivity index (χ1v) is 29.5. The van der Waals surface area contributed by atoms with Gasteiger partial charge in [-0.25, -0.2) is 4.79 Å². The molecule has 412 valence electrons. The molecule has 0 saturated heterocycles. The molecule has 0 aliphatic heterocycles. The third-order valence-electron chi connectivity index (χ3n) is 12.9. The Bertz CT molecular complexity index is 1280. The molecular formula is C61H110N2O8. The molecule has 0 spiro atoms. The van der Waals surface area contributed by atoms with Crippen LogP contribution in [0.15, 0.2) is 48.6 Å². The highest BCUT2D eigenvalue weighted by Crippen LogP contribution is 2.17. The van der Waals surface area contributed by atoms with Gasteiger partial charge in [0.15, 0.2) is 6.10 Å². The Labute approximate surface area is 436 Å². The highest BCUT2D eigenvalue weighted by atomic mass is 16.6. The summed E-state index contributed by atoms with van der Waals surface area (Å²) in [6.07, 6.45) is 54.0. The Morgan fingerprint density at radius 2 is 0.817 bits per heavy atom. The first-order valence-electron chi connectivity index (χ1n) is 29.5. The summed E-state index contributed by atoms with van der Waals surface area (Å²) in [5, 5.41) is 2.85. The Morgan fingerprint density at radius 3 is 1.27 bits per heavy atom. The predicted molar refractivity (Wildman–Crippen MR) is 298 cm³/mol. The van der Waals surface area contributed by atoms with Gasteiger partial charge in [-0.3, -0.25) is 14.4 Å². The Hall–Kier alpha value is -3.40. The fourth-order valence-electron chi connectivity index (χ4n) is 8.14. The number of hydrogen-bond acceptors (Lipinski definition) is 9. The highest BCUT2D eigenvalue weighted by Gasteiger charge is 2.22. The zero-order chi connectivity index (χ0) is 51.9. The number of nitrogens with one attached hydrogen (secondary N) is 1. The van der Waals surface area contributed by atoms with E-state index < -0.39 is 24.3 Å². The van der Waals surface area contributed by atoms with Gasteiger partial charge in [0.2, 0.25) is 0 Å². The van der Waals surface area contributed by atoms with Crippen molar-refractivity contribution >= 4 is 24.0 Å². The Kier molecular flexibility index (Phi) is 51.8. The van der Waals surface area contributed by atoms with E-state index in [-0.39, 0.29) is 44.4 Å². The van der Waals surface area contributed by atoms with Crippen molar-refractivity contribution in [3.8, 4) is 0 Å². The molecule has 0 saturated carbocycles. The number of likely N-dealkylation sites (N-methyl/N-ethyl adjacent to an activating group) is 1. The molecule has 0 aromatic carbocycles. The molecule has 0 aromatic heterocycles. The lowest BCUT2D eigenvalue weighted by Gasteiger charge is -2.21. The van der Waals surface area contributed by atoms with Crippen LogP contribution in [0.1, 0.15) is 265 Å². The second-order valence-electron chi connectivity index (χ2n) is 19.8. The summed E-state index contributed by atoms with van der Waals surface area (Å²) in [4.78, 5) is 53.9. The minimum Gasteiger partial charge on any atom is -0.462 e. The largest absolute Gasteiger partial charge is 0.462 e. The molecule has 1 N–H and O–H groups in total. The third-order valence-corrected chi connectivity index (χ3v) is 12.9. The molecule has 10 heteroatoms. The quantitative estimate of drug-likeness (QED) is 0.0275. The number of nitrogens with zero attached hydrogens (tertiary/aromatic N) is 1. The van der Waals surface area contributed by atoms with Crippen molar-refractivity contribution in [1.82, 2.24) is 10.2 Å². The molecule has 10 nitrogen and oxygen atoms in total. The van der Waals surface area contributed by atoms with Crippen LogP contribution in [-0.2, 0) is 33.3 Å². The smallest absolute Gasteiger partial charge is 0.407 e. The van der Waals surface area contributed by atoms with Crippen molar-refractivity contribution in [3.63, 3.8) is 0 Å². The van der Waals surface area contributed by atoms with E-state index in [4.69, 9.17) is 18.9 Å². The normalized spacial score (nSPS) is 12.3. The van der Waals surface area contributed by atoms with Crippen LogP contribution in [0, 0.1) is 0 Å². The van der Waals surface area contributed by atoms with Crippen molar-refractivity contribution in [2.45, 2.75) is 277 Å². The average molecular weight is 1000 g/mol. The molecule has 0 aliphatic carbocycles. The van der Waals surface area contributed by atoms with Crippen LogP contribution >= 0.6 is 0 Å². The number of carbonyl (C=O) groups excluding carboxylic acids is 4. The maximum Gasteiger partial charge on any atom is 0.407 e. The zero-order valence-electron chi connectivity index (χ0n) is 46.7. The van der Waals surface area contributed by atoms with Gasteiger partial charge in [-0.05, 0) is 110 Å². The number of carbonyl (C=O) groups is 4. The van der Waals surface area contributed by atoms with E-state index in [0.29, 0.717) is 25.9 Å². The van der Waals surface area contributed by atoms with E-state index >= 15 is 0 Å². The van der Waals surface area contributed by atoms with E-state index in [0.717, 1.165) is 116 Å². The van der Waals surface area contributed by atoms with Crippen LogP contribution in [0.4, 0.5) is 4.79 Å². The van der Waals surface area contributed by atoms with Crippen molar-refractivity contribution in [3.05, 3.63) is 48.6 Å². The van der Waals surface area contributed by atoms with E-state index in [2.05, 4.69) is 86.5 Å². The number of allylic oxidation sites excluding steroid dienone is 8. The van der Waals surface area contributed by atoms with Gasteiger partial charge in [0, 0.05) is 32.4 Å². The number of alkyl carbamates (subject to hydrolysis) is 1. The van der Waals surface area contributed by atoms with Gasteiger partial charge in [0.25, 0.3) is 0 Å². The second-order valence-corrected chi connectivity index (χ2v) is 19.8. The Morgan fingerprint density at radius 1 is 0.423 bits per heavy atom. The van der Waals surface area contributed by atoms with Crippen LogP contribution in [0.3, 0.4) is 0 Å². The van der Waals surface area contributed by atoms with Gasteiger partial charge in [0.05, 0.1) is 0 Å². The first kappa shape index (κ1) is 67.6. The van der Waals surface area contributed by atoms with Crippen LogP contribution < -0.4 is 5.32 Å². The number of rotatable bonds is 52. The van der Waals surface area contributed by atoms with Crippen molar-refractivity contribution < 1.29 is 38.1 Å². The molecule has 0 aliphatic rings. The van der Waals surface area contributed by atoms with Gasteiger partial charge >= 0.3 is 24.0 Å². The van der Waals surface area contributed by atoms with Crippen LogP contribution in [0.2, 0.25) is 0 Å². The van der Waals surface area contributed by atoms with Crippen molar-refractivity contribution in [2.75, 3.05) is 39.9 Å². The molecule has 1 unspecified atom stereocenters. The van der Waals surface area contributed by atoms with Crippen LogP contribution in [0.25, 0.3) is 0 Å². The lowest BCUT2D eigenvalue weighted by atomic mass is 10.0. The molecule has 0 radical (unpaired) electrons. The summed E-state index contributed by atoms with van der Waals surface area (Å²) in [6, 6.07) is 0. The van der Waals surface area contributed by atoms with Crippen molar-refractivity contribution in [1.29, 1.82) is 0 Å². The van der Waals surface area contributed by atoms with Gasteiger partial charge in [-0.15, -0.1) is 0 Å².